The van der Waals surface area contributed by atoms with Gasteiger partial charge in [0.15, 0.2) is 0 Å². The highest BCUT2D eigenvalue weighted by Crippen LogP contribution is 2.19. The molecule has 1 atom stereocenters. The number of nitrogens with zero attached hydrogens (tertiary/aromatic N) is 1. The number of carboxylic acids is 1. The molecule has 3 nitrogen and oxygen atoms in total. The Bertz CT molecular complexity index is 425. The molecule has 0 fully saturated rings. The number of halogens is 2. The minimum Gasteiger partial charge on any atom is -0.481 e. The van der Waals surface area contributed by atoms with Crippen molar-refractivity contribution in [3.05, 3.63) is 34.6 Å². The second kappa shape index (κ2) is 6.71. The third-order valence-corrected chi connectivity index (χ3v) is 3.12. The lowest BCUT2D eigenvalue weighted by molar-refractivity contribution is -0.141. The molecule has 0 saturated carbocycles. The van der Waals surface area contributed by atoms with Gasteiger partial charge >= 0.3 is 5.97 Å². The van der Waals surface area contributed by atoms with Crippen molar-refractivity contribution in [1.29, 1.82) is 0 Å². The first-order chi connectivity index (χ1) is 8.45. The second-order valence-electron chi connectivity index (χ2n) is 4.28. The summed E-state index contributed by atoms with van der Waals surface area (Å²) in [5, 5.41) is 8.96. The van der Waals surface area contributed by atoms with E-state index in [0.717, 1.165) is 0 Å². The molecule has 0 aliphatic rings. The zero-order valence-electron chi connectivity index (χ0n) is 10.5. The number of hydrogen-bond acceptors (Lipinski definition) is 2. The number of rotatable bonds is 6. The summed E-state index contributed by atoms with van der Waals surface area (Å²) in [6, 6.07) is 4.85. The van der Waals surface area contributed by atoms with Crippen LogP contribution in [0, 0.1) is 11.7 Å². The van der Waals surface area contributed by atoms with E-state index in [1.165, 1.54) is 6.07 Å². The van der Waals surface area contributed by atoms with E-state index in [1.807, 2.05) is 11.8 Å². The molecule has 18 heavy (non-hydrogen) atoms. The highest BCUT2D eigenvalue weighted by Gasteiger charge is 2.16. The topological polar surface area (TPSA) is 40.5 Å². The average Bonchev–Trinajstić information content (AvgIpc) is 2.33. The number of benzene rings is 1. The summed E-state index contributed by atoms with van der Waals surface area (Å²) in [6.45, 7) is 4.96. The zero-order chi connectivity index (χ0) is 13.7. The van der Waals surface area contributed by atoms with Crippen LogP contribution in [0.4, 0.5) is 4.39 Å². The zero-order valence-corrected chi connectivity index (χ0v) is 11.2. The van der Waals surface area contributed by atoms with Gasteiger partial charge in [0.25, 0.3) is 0 Å². The monoisotopic (exact) mass is 273 g/mol. The van der Waals surface area contributed by atoms with Gasteiger partial charge in [-0.1, -0.05) is 37.6 Å². The van der Waals surface area contributed by atoms with Crippen LogP contribution in [-0.2, 0) is 11.3 Å². The van der Waals surface area contributed by atoms with Crippen molar-refractivity contribution in [3.8, 4) is 0 Å². The molecule has 1 rings (SSSR count). The molecule has 100 valence electrons. The van der Waals surface area contributed by atoms with Crippen molar-refractivity contribution in [2.75, 3.05) is 13.1 Å². The number of hydrogen-bond donors (Lipinski definition) is 1. The van der Waals surface area contributed by atoms with Crippen molar-refractivity contribution in [3.63, 3.8) is 0 Å². The highest BCUT2D eigenvalue weighted by atomic mass is 35.5. The van der Waals surface area contributed by atoms with Gasteiger partial charge in [0, 0.05) is 18.7 Å². The van der Waals surface area contributed by atoms with Gasteiger partial charge in [-0.2, -0.15) is 0 Å². The molecular formula is C13H17ClFNO2. The van der Waals surface area contributed by atoms with Crippen molar-refractivity contribution < 1.29 is 14.3 Å². The number of aliphatic carboxylic acids is 1. The SMILES string of the molecule is CCN(Cc1cccc(Cl)c1F)CC(C)C(=O)O. The Balaban J connectivity index is 2.74. The number of carboxylic acid groups (broad SMARTS) is 1. The Labute approximate surface area is 111 Å². The van der Waals surface area contributed by atoms with Crippen molar-refractivity contribution in [1.82, 2.24) is 4.90 Å². The predicted octanol–water partition coefficient (Wildman–Crippen LogP) is 3.02. The Kier molecular flexibility index (Phi) is 5.56. The first kappa shape index (κ1) is 14.9. The third kappa shape index (κ3) is 3.96. The van der Waals surface area contributed by atoms with E-state index in [-0.39, 0.29) is 5.02 Å². The normalized spacial score (nSPS) is 12.7. The van der Waals surface area contributed by atoms with E-state index in [0.29, 0.717) is 25.2 Å². The van der Waals surface area contributed by atoms with Crippen LogP contribution in [0.3, 0.4) is 0 Å². The maximum Gasteiger partial charge on any atom is 0.307 e. The van der Waals surface area contributed by atoms with Crippen molar-refractivity contribution in [2.24, 2.45) is 5.92 Å². The lowest BCUT2D eigenvalue weighted by Gasteiger charge is -2.22. The van der Waals surface area contributed by atoms with Crippen molar-refractivity contribution >= 4 is 17.6 Å². The lowest BCUT2D eigenvalue weighted by Crippen LogP contribution is -2.31. The van der Waals surface area contributed by atoms with E-state index < -0.39 is 17.7 Å². The minimum absolute atomic E-state index is 0.0924. The summed E-state index contributed by atoms with van der Waals surface area (Å²) >= 11 is 5.71. The fraction of sp³-hybridized carbons (Fsp3) is 0.462. The molecule has 1 unspecified atom stereocenters. The summed E-state index contributed by atoms with van der Waals surface area (Å²) in [6.07, 6.45) is 0. The lowest BCUT2D eigenvalue weighted by atomic mass is 10.1. The maximum atomic E-state index is 13.7. The van der Waals surface area contributed by atoms with Crippen LogP contribution in [0.1, 0.15) is 19.4 Å². The van der Waals surface area contributed by atoms with Gasteiger partial charge in [0.1, 0.15) is 5.82 Å². The van der Waals surface area contributed by atoms with Crippen molar-refractivity contribution in [2.45, 2.75) is 20.4 Å². The largest absolute Gasteiger partial charge is 0.481 e. The van der Waals surface area contributed by atoms with Crippen LogP contribution < -0.4 is 0 Å². The van der Waals surface area contributed by atoms with E-state index >= 15 is 0 Å². The average molecular weight is 274 g/mol. The molecular weight excluding hydrogens is 257 g/mol. The molecule has 1 aromatic rings. The summed E-state index contributed by atoms with van der Waals surface area (Å²) in [5.74, 6) is -1.76. The van der Waals surface area contributed by atoms with Crippen LogP contribution in [-0.4, -0.2) is 29.1 Å². The van der Waals surface area contributed by atoms with Gasteiger partial charge in [0.2, 0.25) is 0 Å². The van der Waals surface area contributed by atoms with Gasteiger partial charge in [-0.15, -0.1) is 0 Å². The summed E-state index contributed by atoms with van der Waals surface area (Å²) < 4.78 is 13.7. The summed E-state index contributed by atoms with van der Waals surface area (Å²) in [7, 11) is 0. The molecule has 0 saturated heterocycles. The molecule has 1 aromatic carbocycles. The molecule has 0 spiro atoms. The van der Waals surface area contributed by atoms with Gasteiger partial charge in [0.05, 0.1) is 10.9 Å². The fourth-order valence-corrected chi connectivity index (χ4v) is 1.88. The van der Waals surface area contributed by atoms with E-state index in [2.05, 4.69) is 0 Å². The molecule has 0 heterocycles. The fourth-order valence-electron chi connectivity index (χ4n) is 1.68. The minimum atomic E-state index is -0.847. The molecule has 0 aliphatic heterocycles. The molecule has 0 radical (unpaired) electrons. The van der Waals surface area contributed by atoms with Crippen LogP contribution >= 0.6 is 11.6 Å². The number of carbonyl (C=O) groups is 1. The van der Waals surface area contributed by atoms with Gasteiger partial charge in [-0.25, -0.2) is 4.39 Å². The van der Waals surface area contributed by atoms with E-state index in [9.17, 15) is 9.18 Å². The Morgan fingerprint density at radius 3 is 2.78 bits per heavy atom. The van der Waals surface area contributed by atoms with E-state index in [4.69, 9.17) is 16.7 Å². The standard InChI is InChI=1S/C13H17ClFNO2/c1-3-16(7-9(2)13(17)18)8-10-5-4-6-11(14)12(10)15/h4-6,9H,3,7-8H2,1-2H3,(H,17,18). The Hall–Kier alpha value is -1.13. The first-order valence-corrected chi connectivity index (χ1v) is 6.21. The summed E-state index contributed by atoms with van der Waals surface area (Å²) in [5.41, 5.74) is 0.488. The summed E-state index contributed by atoms with van der Waals surface area (Å²) in [4.78, 5) is 12.7. The third-order valence-electron chi connectivity index (χ3n) is 2.83. The van der Waals surface area contributed by atoms with Crippen LogP contribution in [0.2, 0.25) is 5.02 Å². The molecule has 5 heteroatoms. The highest BCUT2D eigenvalue weighted by molar-refractivity contribution is 6.30. The molecule has 0 aromatic heterocycles. The quantitative estimate of drug-likeness (QED) is 0.866. The Morgan fingerprint density at radius 1 is 1.56 bits per heavy atom. The molecule has 0 aliphatic carbocycles. The second-order valence-corrected chi connectivity index (χ2v) is 4.69. The van der Waals surface area contributed by atoms with Gasteiger partial charge < -0.3 is 5.11 Å². The van der Waals surface area contributed by atoms with Gasteiger partial charge in [-0.05, 0) is 12.6 Å². The van der Waals surface area contributed by atoms with Crippen LogP contribution in [0.15, 0.2) is 18.2 Å². The van der Waals surface area contributed by atoms with Crippen LogP contribution in [0.25, 0.3) is 0 Å². The molecule has 0 bridgehead atoms. The maximum absolute atomic E-state index is 13.7. The van der Waals surface area contributed by atoms with E-state index in [1.54, 1.807) is 19.1 Å². The smallest absolute Gasteiger partial charge is 0.307 e. The molecule has 0 amide bonds. The molecule has 1 N–H and O–H groups in total. The first-order valence-electron chi connectivity index (χ1n) is 5.83. The Morgan fingerprint density at radius 2 is 2.22 bits per heavy atom. The van der Waals surface area contributed by atoms with Gasteiger partial charge in [-0.3, -0.25) is 9.69 Å². The predicted molar refractivity (Wildman–Crippen MR) is 69.2 cm³/mol. The van der Waals surface area contributed by atoms with Crippen LogP contribution in [0.5, 0.6) is 0 Å².